The molecule has 0 aliphatic carbocycles. The summed E-state index contributed by atoms with van der Waals surface area (Å²) in [6.07, 6.45) is 0. The lowest BCUT2D eigenvalue weighted by atomic mass is 10.1. The van der Waals surface area contributed by atoms with Gasteiger partial charge in [0.2, 0.25) is 0 Å². The number of phenolic OH excluding ortho intramolecular Hbond substituents is 1. The first-order chi connectivity index (χ1) is 12.3. The second-order valence-corrected chi connectivity index (χ2v) is 6.73. The van der Waals surface area contributed by atoms with Gasteiger partial charge in [-0.3, -0.25) is 9.55 Å². The molecule has 3 aromatic carbocycles. The lowest BCUT2D eigenvalue weighted by Crippen LogP contribution is -2.01. The van der Waals surface area contributed by atoms with Gasteiger partial charge < -0.3 is 10.8 Å². The zero-order chi connectivity index (χ0) is 18.9. The zero-order valence-corrected chi connectivity index (χ0v) is 14.2. The van der Waals surface area contributed by atoms with Gasteiger partial charge >= 0.3 is 0 Å². The van der Waals surface area contributed by atoms with Crippen LogP contribution >= 0.6 is 0 Å². The number of azo groups is 1. The molecule has 0 fully saturated rings. The number of rotatable bonds is 4. The van der Waals surface area contributed by atoms with Gasteiger partial charge in [-0.25, -0.2) is 0 Å². The summed E-state index contributed by atoms with van der Waals surface area (Å²) in [6, 6.07) is 13.0. The van der Waals surface area contributed by atoms with E-state index >= 15 is 0 Å². The third-order valence-corrected chi connectivity index (χ3v) is 4.57. The summed E-state index contributed by atoms with van der Waals surface area (Å²) in [6.45, 7) is 3.27. The maximum Gasteiger partial charge on any atom is 0.296 e. The highest BCUT2D eigenvalue weighted by Crippen LogP contribution is 2.44. The number of nitrogen functional groups attached to an aromatic ring is 1. The van der Waals surface area contributed by atoms with Gasteiger partial charge in [-0.1, -0.05) is 24.3 Å². The highest BCUT2D eigenvalue weighted by molar-refractivity contribution is 7.86. The molecule has 0 aliphatic rings. The SMILES string of the molecule is C=Nc1c(S(=O)(=O)O)cc2ccc(N=Nc3ccccc3)c(O)c2c1N. The van der Waals surface area contributed by atoms with E-state index < -0.39 is 15.0 Å². The van der Waals surface area contributed by atoms with Crippen LogP contribution in [0.4, 0.5) is 22.7 Å². The standard InChI is InChI=1S/C17H14N4O4S/c1-19-16-13(26(23,24)25)9-10-7-8-12(17(22)14(10)15(16)18)21-20-11-5-3-2-4-6-11/h2-9,22H,1,18H2,(H,23,24,25). The van der Waals surface area contributed by atoms with E-state index in [1.54, 1.807) is 24.3 Å². The van der Waals surface area contributed by atoms with E-state index in [0.717, 1.165) is 6.07 Å². The van der Waals surface area contributed by atoms with Gasteiger partial charge in [0.25, 0.3) is 10.1 Å². The number of hydrogen-bond donors (Lipinski definition) is 3. The zero-order valence-electron chi connectivity index (χ0n) is 13.4. The second-order valence-electron chi connectivity index (χ2n) is 5.34. The fraction of sp³-hybridized carbons (Fsp3) is 0. The van der Waals surface area contributed by atoms with Crippen LogP contribution in [0.5, 0.6) is 5.75 Å². The minimum Gasteiger partial charge on any atom is -0.505 e. The summed E-state index contributed by atoms with van der Waals surface area (Å²) >= 11 is 0. The average molecular weight is 370 g/mol. The Balaban J connectivity index is 2.22. The van der Waals surface area contributed by atoms with Crippen molar-refractivity contribution < 1.29 is 18.1 Å². The van der Waals surface area contributed by atoms with Crippen LogP contribution in [0.2, 0.25) is 0 Å². The lowest BCUT2D eigenvalue weighted by molar-refractivity contribution is 0.481. The molecule has 0 bridgehead atoms. The van der Waals surface area contributed by atoms with Gasteiger partial charge in [0.15, 0.2) is 5.75 Å². The summed E-state index contributed by atoms with van der Waals surface area (Å²) in [5, 5.41) is 19.0. The fourth-order valence-corrected chi connectivity index (χ4v) is 3.20. The van der Waals surface area contributed by atoms with Gasteiger partial charge in [0.05, 0.1) is 16.8 Å². The van der Waals surface area contributed by atoms with Crippen LogP contribution in [0.25, 0.3) is 10.8 Å². The molecule has 0 atom stereocenters. The number of benzene rings is 3. The van der Waals surface area contributed by atoms with Gasteiger partial charge in [-0.05, 0) is 36.4 Å². The molecule has 4 N–H and O–H groups in total. The Bertz CT molecular complexity index is 1140. The fourth-order valence-electron chi connectivity index (χ4n) is 2.51. The van der Waals surface area contributed by atoms with Crippen LogP contribution in [-0.2, 0) is 10.1 Å². The van der Waals surface area contributed by atoms with E-state index in [9.17, 15) is 18.1 Å². The molecule has 9 heteroatoms. The van der Waals surface area contributed by atoms with Crippen molar-refractivity contribution in [2.24, 2.45) is 15.2 Å². The maximum absolute atomic E-state index is 11.5. The van der Waals surface area contributed by atoms with Crippen molar-refractivity contribution in [3.05, 3.63) is 48.5 Å². The van der Waals surface area contributed by atoms with Crippen LogP contribution in [0, 0.1) is 0 Å². The molecule has 26 heavy (non-hydrogen) atoms. The van der Waals surface area contributed by atoms with E-state index in [0.29, 0.717) is 11.1 Å². The normalized spacial score (nSPS) is 11.9. The minimum absolute atomic E-state index is 0.139. The van der Waals surface area contributed by atoms with Gasteiger partial charge in [-0.2, -0.15) is 13.5 Å². The topological polar surface area (TPSA) is 138 Å². The molecule has 3 aromatic rings. The highest BCUT2D eigenvalue weighted by Gasteiger charge is 2.22. The number of hydrogen-bond acceptors (Lipinski definition) is 7. The average Bonchev–Trinajstić information content (AvgIpc) is 2.61. The Morgan fingerprint density at radius 3 is 2.35 bits per heavy atom. The summed E-state index contributed by atoms with van der Waals surface area (Å²) in [5.41, 5.74) is 6.31. The third-order valence-electron chi connectivity index (χ3n) is 3.70. The molecule has 0 aliphatic heterocycles. The summed E-state index contributed by atoms with van der Waals surface area (Å²) in [5.74, 6) is -0.286. The summed E-state index contributed by atoms with van der Waals surface area (Å²) in [7, 11) is -4.57. The van der Waals surface area contributed by atoms with Crippen LogP contribution in [0.3, 0.4) is 0 Å². The monoisotopic (exact) mass is 370 g/mol. The Kier molecular flexibility index (Phi) is 4.41. The van der Waals surface area contributed by atoms with Gasteiger partial charge in [-0.15, -0.1) is 5.11 Å². The van der Waals surface area contributed by atoms with E-state index in [1.165, 1.54) is 12.1 Å². The first-order valence-corrected chi connectivity index (χ1v) is 8.76. The number of nitrogens with zero attached hydrogens (tertiary/aromatic N) is 3. The number of aliphatic imine (C=N–C) groups is 1. The molecule has 0 aromatic heterocycles. The first-order valence-electron chi connectivity index (χ1n) is 7.32. The van der Waals surface area contributed by atoms with Gasteiger partial charge in [0, 0.05) is 0 Å². The van der Waals surface area contributed by atoms with E-state index in [1.807, 2.05) is 6.07 Å². The molecule has 0 spiro atoms. The molecule has 132 valence electrons. The Morgan fingerprint density at radius 2 is 1.73 bits per heavy atom. The molecular weight excluding hydrogens is 356 g/mol. The summed E-state index contributed by atoms with van der Waals surface area (Å²) < 4.78 is 32.4. The highest BCUT2D eigenvalue weighted by atomic mass is 32.2. The summed E-state index contributed by atoms with van der Waals surface area (Å²) in [4.78, 5) is 3.08. The molecule has 0 saturated carbocycles. The van der Waals surface area contributed by atoms with Crippen LogP contribution in [0.1, 0.15) is 0 Å². The molecule has 0 saturated heterocycles. The third kappa shape index (κ3) is 3.13. The van der Waals surface area contributed by atoms with Crippen molar-refractivity contribution in [3.63, 3.8) is 0 Å². The second kappa shape index (κ2) is 6.54. The van der Waals surface area contributed by atoms with Crippen molar-refractivity contribution in [2.45, 2.75) is 4.90 Å². The van der Waals surface area contributed by atoms with Crippen molar-refractivity contribution in [3.8, 4) is 5.75 Å². The number of anilines is 1. The Labute approximate surface area is 149 Å². The maximum atomic E-state index is 11.5. The number of nitrogens with two attached hydrogens (primary N) is 1. The van der Waals surface area contributed by atoms with Crippen molar-refractivity contribution >= 4 is 50.4 Å². The first kappa shape index (κ1) is 17.5. The van der Waals surface area contributed by atoms with Crippen molar-refractivity contribution in [1.29, 1.82) is 0 Å². The molecule has 8 nitrogen and oxygen atoms in total. The van der Waals surface area contributed by atoms with Crippen LogP contribution in [0.15, 0.2) is 68.6 Å². The van der Waals surface area contributed by atoms with E-state index in [-0.39, 0.29) is 28.2 Å². The molecule has 3 rings (SSSR count). The molecular formula is C17H14N4O4S. The number of fused-ring (bicyclic) bond motifs is 1. The molecule has 0 unspecified atom stereocenters. The molecule has 0 heterocycles. The number of aromatic hydroxyl groups is 1. The predicted octanol–water partition coefficient (Wildman–Crippen LogP) is 4.12. The smallest absolute Gasteiger partial charge is 0.296 e. The minimum atomic E-state index is -4.57. The molecule has 0 radical (unpaired) electrons. The number of phenols is 1. The van der Waals surface area contributed by atoms with Gasteiger partial charge in [0.1, 0.15) is 16.3 Å². The Morgan fingerprint density at radius 1 is 1.04 bits per heavy atom. The van der Waals surface area contributed by atoms with Crippen molar-refractivity contribution in [1.82, 2.24) is 0 Å². The van der Waals surface area contributed by atoms with E-state index in [4.69, 9.17) is 5.73 Å². The quantitative estimate of drug-likeness (QED) is 0.274. The predicted molar refractivity (Wildman–Crippen MR) is 99.7 cm³/mol. The molecule has 0 amide bonds. The van der Waals surface area contributed by atoms with E-state index in [2.05, 4.69) is 21.9 Å². The van der Waals surface area contributed by atoms with Crippen LogP contribution < -0.4 is 5.73 Å². The lowest BCUT2D eigenvalue weighted by Gasteiger charge is -2.12. The van der Waals surface area contributed by atoms with Crippen LogP contribution in [-0.4, -0.2) is 24.8 Å². The largest absolute Gasteiger partial charge is 0.505 e. The van der Waals surface area contributed by atoms with Crippen molar-refractivity contribution in [2.75, 3.05) is 5.73 Å². The Hall–Kier alpha value is -3.30.